The number of rotatable bonds is 11. The lowest BCUT2D eigenvalue weighted by Crippen LogP contribution is -2.22. The minimum atomic E-state index is -1.25. The van der Waals surface area contributed by atoms with Crippen molar-refractivity contribution in [2.75, 3.05) is 6.61 Å². The zero-order valence-electron chi connectivity index (χ0n) is 24.9. The molecule has 0 aliphatic rings. The van der Waals surface area contributed by atoms with E-state index in [0.29, 0.717) is 42.7 Å². The molecule has 0 bridgehead atoms. The highest BCUT2D eigenvalue weighted by molar-refractivity contribution is 6.76. The van der Waals surface area contributed by atoms with Gasteiger partial charge in [0, 0.05) is 26.3 Å². The minimum Gasteiger partial charge on any atom is -0.489 e. The van der Waals surface area contributed by atoms with Gasteiger partial charge in [-0.2, -0.15) is 0 Å². The third-order valence-electron chi connectivity index (χ3n) is 7.35. The summed E-state index contributed by atoms with van der Waals surface area (Å²) in [5.74, 6) is 1.72. The first kappa shape index (κ1) is 29.2. The fourth-order valence-corrected chi connectivity index (χ4v) is 5.71. The van der Waals surface area contributed by atoms with Crippen LogP contribution in [0.4, 0.5) is 4.79 Å². The number of nitrogens with zero attached hydrogens (tertiary/aromatic N) is 4. The Bertz CT molecular complexity index is 1910. The van der Waals surface area contributed by atoms with Crippen LogP contribution in [0.2, 0.25) is 25.7 Å². The molecule has 3 aromatic carbocycles. The van der Waals surface area contributed by atoms with Crippen LogP contribution in [0, 0.1) is 0 Å². The van der Waals surface area contributed by atoms with E-state index in [0.717, 1.165) is 39.4 Å². The van der Waals surface area contributed by atoms with Crippen LogP contribution in [-0.4, -0.2) is 45.0 Å². The highest BCUT2D eigenvalue weighted by Gasteiger charge is 2.19. The molecule has 6 rings (SSSR count). The van der Waals surface area contributed by atoms with E-state index in [9.17, 15) is 9.90 Å². The molecule has 6 aromatic rings. The van der Waals surface area contributed by atoms with E-state index in [-0.39, 0.29) is 0 Å². The van der Waals surface area contributed by atoms with Crippen molar-refractivity contribution in [2.24, 2.45) is 0 Å². The first-order valence-electron chi connectivity index (χ1n) is 14.5. The van der Waals surface area contributed by atoms with Gasteiger partial charge in [0.25, 0.3) is 0 Å². The zero-order valence-corrected chi connectivity index (χ0v) is 25.9. The molecular formula is C34H34N4O5Si. The Balaban J connectivity index is 1.31. The van der Waals surface area contributed by atoms with Crippen LogP contribution in [0.15, 0.2) is 97.5 Å². The van der Waals surface area contributed by atoms with Crippen molar-refractivity contribution in [3.63, 3.8) is 0 Å². The van der Waals surface area contributed by atoms with Crippen molar-refractivity contribution in [2.45, 2.75) is 39.0 Å². The third-order valence-corrected chi connectivity index (χ3v) is 9.06. The molecule has 0 fully saturated rings. The van der Waals surface area contributed by atoms with Crippen LogP contribution in [0.1, 0.15) is 5.56 Å². The Labute approximate surface area is 256 Å². The largest absolute Gasteiger partial charge is 0.489 e. The fourth-order valence-electron chi connectivity index (χ4n) is 4.95. The van der Waals surface area contributed by atoms with Gasteiger partial charge in [-0.25, -0.2) is 14.8 Å². The van der Waals surface area contributed by atoms with Gasteiger partial charge in [0.2, 0.25) is 5.88 Å². The summed E-state index contributed by atoms with van der Waals surface area (Å²) >= 11 is 0. The summed E-state index contributed by atoms with van der Waals surface area (Å²) in [6, 6.07) is 28.2. The summed E-state index contributed by atoms with van der Waals surface area (Å²) in [5, 5.41) is 10.9. The van der Waals surface area contributed by atoms with Crippen molar-refractivity contribution in [3.8, 4) is 28.6 Å². The molecule has 224 valence electrons. The standard InChI is InChI=1S/C34H34N4O5Si/c1-44(2,3)18-17-41-23-38-31(25-9-11-27(12-10-25)42-21-24-7-5-4-6-8-24)20-29-32(38)35-22-36-33(29)43-28-13-14-30-26(19-28)15-16-37(30)34(39)40/h4-16,19-20,22H,17-18,21,23H2,1-3H3,(H,39,40). The second-order valence-electron chi connectivity index (χ2n) is 11.8. The summed E-state index contributed by atoms with van der Waals surface area (Å²) in [6.07, 6.45) is 1.97. The van der Waals surface area contributed by atoms with Gasteiger partial charge in [-0.3, -0.25) is 4.57 Å². The molecule has 0 saturated carbocycles. The van der Waals surface area contributed by atoms with Gasteiger partial charge in [-0.05, 0) is 71.8 Å². The Morgan fingerprint density at radius 2 is 1.68 bits per heavy atom. The Kier molecular flexibility index (Phi) is 8.19. The summed E-state index contributed by atoms with van der Waals surface area (Å²) in [4.78, 5) is 20.6. The molecule has 0 radical (unpaired) electrons. The van der Waals surface area contributed by atoms with Gasteiger partial charge in [0.15, 0.2) is 0 Å². The second kappa shape index (κ2) is 12.4. The second-order valence-corrected chi connectivity index (χ2v) is 17.4. The van der Waals surface area contributed by atoms with Gasteiger partial charge >= 0.3 is 6.09 Å². The number of carbonyl (C=O) groups is 1. The molecule has 44 heavy (non-hydrogen) atoms. The predicted molar refractivity (Wildman–Crippen MR) is 173 cm³/mol. The number of ether oxygens (including phenoxy) is 3. The summed E-state index contributed by atoms with van der Waals surface area (Å²) in [7, 11) is -1.25. The minimum absolute atomic E-state index is 0.334. The van der Waals surface area contributed by atoms with Crippen molar-refractivity contribution < 1.29 is 24.1 Å². The quantitative estimate of drug-likeness (QED) is 0.117. The molecule has 1 N–H and O–H groups in total. The number of hydrogen-bond acceptors (Lipinski definition) is 6. The van der Waals surface area contributed by atoms with Crippen molar-refractivity contribution in [1.29, 1.82) is 0 Å². The van der Waals surface area contributed by atoms with Gasteiger partial charge in [-0.15, -0.1) is 0 Å². The number of fused-ring (bicyclic) bond motifs is 2. The Morgan fingerprint density at radius 1 is 0.909 bits per heavy atom. The lowest BCUT2D eigenvalue weighted by atomic mass is 10.1. The van der Waals surface area contributed by atoms with Crippen LogP contribution < -0.4 is 9.47 Å². The van der Waals surface area contributed by atoms with Crippen LogP contribution >= 0.6 is 0 Å². The summed E-state index contributed by atoms with van der Waals surface area (Å²) in [5.41, 5.74) is 4.28. The van der Waals surface area contributed by atoms with Crippen LogP contribution in [0.25, 0.3) is 33.2 Å². The van der Waals surface area contributed by atoms with E-state index in [1.165, 1.54) is 17.1 Å². The fraction of sp³-hybridized carbons (Fsp3) is 0.206. The molecule has 0 unspecified atom stereocenters. The lowest BCUT2D eigenvalue weighted by Gasteiger charge is -2.17. The van der Waals surface area contributed by atoms with E-state index in [1.807, 2.05) is 65.2 Å². The van der Waals surface area contributed by atoms with E-state index in [2.05, 4.69) is 29.6 Å². The first-order chi connectivity index (χ1) is 21.2. The van der Waals surface area contributed by atoms with E-state index in [4.69, 9.17) is 14.2 Å². The lowest BCUT2D eigenvalue weighted by molar-refractivity contribution is 0.0909. The molecule has 9 nitrogen and oxygen atoms in total. The molecule has 3 heterocycles. The van der Waals surface area contributed by atoms with Crippen molar-refractivity contribution in [1.82, 2.24) is 19.1 Å². The average molecular weight is 607 g/mol. The number of benzene rings is 3. The maximum atomic E-state index is 11.5. The molecule has 0 amide bonds. The summed E-state index contributed by atoms with van der Waals surface area (Å²) in [6.45, 7) is 8.50. The number of hydrogen-bond donors (Lipinski definition) is 1. The van der Waals surface area contributed by atoms with Gasteiger partial charge in [0.05, 0.1) is 16.6 Å². The average Bonchev–Trinajstić information content (AvgIpc) is 3.61. The normalized spacial score (nSPS) is 11.7. The maximum Gasteiger partial charge on any atom is 0.415 e. The molecule has 0 aliphatic heterocycles. The smallest absolute Gasteiger partial charge is 0.415 e. The Morgan fingerprint density at radius 3 is 2.43 bits per heavy atom. The Hall–Kier alpha value is -4.93. The molecule has 0 saturated heterocycles. The number of carboxylic acid groups (broad SMARTS) is 1. The van der Waals surface area contributed by atoms with Gasteiger partial charge in [-0.1, -0.05) is 50.0 Å². The van der Waals surface area contributed by atoms with E-state index < -0.39 is 14.2 Å². The number of aromatic nitrogens is 4. The highest BCUT2D eigenvalue weighted by Crippen LogP contribution is 2.35. The molecule has 0 aliphatic carbocycles. The topological polar surface area (TPSA) is 101 Å². The molecule has 10 heteroatoms. The molecule has 0 atom stereocenters. The van der Waals surface area contributed by atoms with Crippen LogP contribution in [-0.2, 0) is 18.1 Å². The van der Waals surface area contributed by atoms with Crippen molar-refractivity contribution >= 4 is 36.1 Å². The molecule has 0 spiro atoms. The van der Waals surface area contributed by atoms with E-state index >= 15 is 0 Å². The third kappa shape index (κ3) is 6.51. The molecular weight excluding hydrogens is 572 g/mol. The van der Waals surface area contributed by atoms with Crippen LogP contribution in [0.3, 0.4) is 0 Å². The van der Waals surface area contributed by atoms with Crippen molar-refractivity contribution in [3.05, 3.63) is 103 Å². The van der Waals surface area contributed by atoms with E-state index in [1.54, 1.807) is 24.3 Å². The summed E-state index contributed by atoms with van der Waals surface area (Å²) < 4.78 is 21.7. The maximum absolute atomic E-state index is 11.5. The first-order valence-corrected chi connectivity index (χ1v) is 18.2. The SMILES string of the molecule is C[Si](C)(C)CCOCn1c(-c2ccc(OCc3ccccc3)cc2)cc2c(Oc3ccc4c(ccn4C(=O)O)c3)ncnc21. The van der Waals surface area contributed by atoms with Gasteiger partial charge in [0.1, 0.15) is 36.8 Å². The monoisotopic (exact) mass is 606 g/mol. The highest BCUT2D eigenvalue weighted by atomic mass is 28.3. The van der Waals surface area contributed by atoms with Gasteiger partial charge < -0.3 is 23.9 Å². The zero-order chi connectivity index (χ0) is 30.7. The van der Waals surface area contributed by atoms with Crippen LogP contribution in [0.5, 0.6) is 17.4 Å². The molecule has 3 aromatic heterocycles. The predicted octanol–water partition coefficient (Wildman–Crippen LogP) is 8.26.